The standard InChI is InChI=1S/C29H44N2O3/c1-5-11-23(12-6-2)13-7-8-17-30-25-15-9-14-24(19-25)29(34)27-21-31(18-10-16-28(32)33)20-26(27)22(3)4/h9,14-15,19-23,30H,5-8,10-13,16-18H2,1-4H3,(H,32,33). The number of rotatable bonds is 17. The zero-order chi connectivity index (χ0) is 24.9. The van der Waals surface area contributed by atoms with Gasteiger partial charge in [0, 0.05) is 48.7 Å². The van der Waals surface area contributed by atoms with Gasteiger partial charge in [-0.25, -0.2) is 0 Å². The van der Waals surface area contributed by atoms with Crippen LogP contribution >= 0.6 is 0 Å². The van der Waals surface area contributed by atoms with Gasteiger partial charge in [0.2, 0.25) is 0 Å². The maximum Gasteiger partial charge on any atom is 0.303 e. The maximum atomic E-state index is 13.4. The van der Waals surface area contributed by atoms with Crippen LogP contribution in [-0.2, 0) is 11.3 Å². The SMILES string of the molecule is CCCC(CCC)CCCCNc1cccc(C(=O)c2cn(CCCC(=O)O)cc2C(C)C)c1. The van der Waals surface area contributed by atoms with Crippen molar-refractivity contribution in [1.82, 2.24) is 4.57 Å². The number of carboxylic acids is 1. The first-order chi connectivity index (χ1) is 16.3. The van der Waals surface area contributed by atoms with Crippen LogP contribution in [0.25, 0.3) is 0 Å². The molecular weight excluding hydrogens is 424 g/mol. The van der Waals surface area contributed by atoms with E-state index in [2.05, 4.69) is 33.0 Å². The summed E-state index contributed by atoms with van der Waals surface area (Å²) in [6.07, 6.45) is 13.5. The van der Waals surface area contributed by atoms with E-state index in [4.69, 9.17) is 5.11 Å². The lowest BCUT2D eigenvalue weighted by Crippen LogP contribution is -2.07. The molecule has 1 aromatic carbocycles. The fourth-order valence-corrected chi connectivity index (χ4v) is 4.68. The van der Waals surface area contributed by atoms with Crippen molar-refractivity contribution in [1.29, 1.82) is 0 Å². The number of benzene rings is 1. The summed E-state index contributed by atoms with van der Waals surface area (Å²) in [6, 6.07) is 7.78. The lowest BCUT2D eigenvalue weighted by molar-refractivity contribution is -0.137. The van der Waals surface area contributed by atoms with Gasteiger partial charge >= 0.3 is 5.97 Å². The van der Waals surface area contributed by atoms with Crippen LogP contribution in [0.15, 0.2) is 36.7 Å². The highest BCUT2D eigenvalue weighted by Crippen LogP contribution is 2.25. The number of carbonyl (C=O) groups excluding carboxylic acids is 1. The summed E-state index contributed by atoms with van der Waals surface area (Å²) in [5.41, 5.74) is 3.38. The predicted octanol–water partition coefficient (Wildman–Crippen LogP) is 7.51. The number of nitrogens with one attached hydrogen (secondary N) is 1. The Balaban J connectivity index is 1.97. The minimum Gasteiger partial charge on any atom is -0.481 e. The van der Waals surface area contributed by atoms with Crippen LogP contribution in [0.5, 0.6) is 0 Å². The average molecular weight is 469 g/mol. The molecule has 0 amide bonds. The van der Waals surface area contributed by atoms with Crippen LogP contribution in [-0.4, -0.2) is 28.0 Å². The van der Waals surface area contributed by atoms with Gasteiger partial charge in [0.05, 0.1) is 0 Å². The van der Waals surface area contributed by atoms with Crippen molar-refractivity contribution in [2.75, 3.05) is 11.9 Å². The molecular formula is C29H44N2O3. The number of anilines is 1. The molecule has 0 fully saturated rings. The Morgan fingerprint density at radius 1 is 1.00 bits per heavy atom. The molecule has 2 aromatic rings. The summed E-state index contributed by atoms with van der Waals surface area (Å²) >= 11 is 0. The third-order valence-electron chi connectivity index (χ3n) is 6.47. The fourth-order valence-electron chi connectivity index (χ4n) is 4.68. The topological polar surface area (TPSA) is 71.3 Å². The Morgan fingerprint density at radius 3 is 2.38 bits per heavy atom. The predicted molar refractivity (Wildman–Crippen MR) is 141 cm³/mol. The smallest absolute Gasteiger partial charge is 0.303 e. The van der Waals surface area contributed by atoms with Gasteiger partial charge in [-0.1, -0.05) is 78.4 Å². The highest BCUT2D eigenvalue weighted by Gasteiger charge is 2.19. The molecule has 34 heavy (non-hydrogen) atoms. The molecule has 0 spiro atoms. The first-order valence-electron chi connectivity index (χ1n) is 13.2. The highest BCUT2D eigenvalue weighted by atomic mass is 16.4. The van der Waals surface area contributed by atoms with E-state index in [0.717, 1.165) is 30.1 Å². The van der Waals surface area contributed by atoms with E-state index in [9.17, 15) is 9.59 Å². The average Bonchev–Trinajstić information content (AvgIpc) is 3.23. The van der Waals surface area contributed by atoms with Crippen molar-refractivity contribution in [2.24, 2.45) is 5.92 Å². The summed E-state index contributed by atoms with van der Waals surface area (Å²) in [5.74, 6) is 0.303. The number of carboxylic acid groups (broad SMARTS) is 1. The van der Waals surface area contributed by atoms with Gasteiger partial charge in [-0.3, -0.25) is 9.59 Å². The Morgan fingerprint density at radius 2 is 1.74 bits per heavy atom. The third kappa shape index (κ3) is 9.00. The zero-order valence-corrected chi connectivity index (χ0v) is 21.6. The molecule has 1 aromatic heterocycles. The molecule has 5 heteroatoms. The summed E-state index contributed by atoms with van der Waals surface area (Å²) < 4.78 is 1.96. The molecule has 0 aliphatic carbocycles. The molecule has 188 valence electrons. The first kappa shape index (κ1) is 27.7. The number of carbonyl (C=O) groups is 2. The van der Waals surface area contributed by atoms with E-state index >= 15 is 0 Å². The van der Waals surface area contributed by atoms with Gasteiger partial charge in [0.25, 0.3) is 0 Å². The van der Waals surface area contributed by atoms with E-state index in [1.807, 2.05) is 41.2 Å². The molecule has 5 nitrogen and oxygen atoms in total. The second-order valence-corrected chi connectivity index (χ2v) is 9.79. The van der Waals surface area contributed by atoms with Crippen molar-refractivity contribution in [3.8, 4) is 0 Å². The Kier molecular flexibility index (Phi) is 11.9. The Hall–Kier alpha value is -2.56. The minimum atomic E-state index is -0.793. The second-order valence-electron chi connectivity index (χ2n) is 9.79. The van der Waals surface area contributed by atoms with E-state index in [1.165, 1.54) is 38.5 Å². The van der Waals surface area contributed by atoms with Crippen molar-refractivity contribution in [3.05, 3.63) is 53.3 Å². The lowest BCUT2D eigenvalue weighted by Gasteiger charge is -2.15. The van der Waals surface area contributed by atoms with Crippen LogP contribution in [0, 0.1) is 5.92 Å². The van der Waals surface area contributed by atoms with Crippen molar-refractivity contribution < 1.29 is 14.7 Å². The fraction of sp³-hybridized carbons (Fsp3) is 0.586. The molecule has 0 unspecified atom stereocenters. The van der Waals surface area contributed by atoms with Gasteiger partial charge in [0.1, 0.15) is 0 Å². The summed E-state index contributed by atoms with van der Waals surface area (Å²) in [7, 11) is 0. The molecule has 0 atom stereocenters. The van der Waals surface area contributed by atoms with Gasteiger partial charge < -0.3 is 15.0 Å². The largest absolute Gasteiger partial charge is 0.481 e. The molecule has 2 N–H and O–H groups in total. The molecule has 0 aliphatic heterocycles. The monoisotopic (exact) mass is 468 g/mol. The Bertz CT molecular complexity index is 895. The Labute approximate surface area is 206 Å². The van der Waals surface area contributed by atoms with Crippen LogP contribution in [0.1, 0.15) is 113 Å². The van der Waals surface area contributed by atoms with Crippen molar-refractivity contribution >= 4 is 17.4 Å². The van der Waals surface area contributed by atoms with Gasteiger partial charge in [-0.2, -0.15) is 0 Å². The summed E-state index contributed by atoms with van der Waals surface area (Å²) in [6.45, 7) is 10.2. The van der Waals surface area contributed by atoms with E-state index in [-0.39, 0.29) is 18.1 Å². The number of hydrogen-bond acceptors (Lipinski definition) is 3. The minimum absolute atomic E-state index is 0.0197. The first-order valence-corrected chi connectivity index (χ1v) is 13.2. The second kappa shape index (κ2) is 14.6. The quantitative estimate of drug-likeness (QED) is 0.186. The molecule has 0 saturated carbocycles. The molecule has 0 aliphatic rings. The van der Waals surface area contributed by atoms with Gasteiger partial charge in [-0.15, -0.1) is 0 Å². The number of nitrogens with zero attached hydrogens (tertiary/aromatic N) is 1. The van der Waals surface area contributed by atoms with E-state index in [1.54, 1.807) is 0 Å². The number of aryl methyl sites for hydroxylation is 1. The molecule has 0 radical (unpaired) electrons. The molecule has 0 saturated heterocycles. The maximum absolute atomic E-state index is 13.4. The van der Waals surface area contributed by atoms with Crippen LogP contribution in [0.4, 0.5) is 5.69 Å². The van der Waals surface area contributed by atoms with Crippen LogP contribution in [0.2, 0.25) is 0 Å². The highest BCUT2D eigenvalue weighted by molar-refractivity contribution is 6.10. The summed E-state index contributed by atoms with van der Waals surface area (Å²) in [5, 5.41) is 12.4. The molecule has 1 heterocycles. The number of hydrogen-bond donors (Lipinski definition) is 2. The van der Waals surface area contributed by atoms with Crippen molar-refractivity contribution in [3.63, 3.8) is 0 Å². The zero-order valence-electron chi connectivity index (χ0n) is 21.6. The van der Waals surface area contributed by atoms with E-state index < -0.39 is 5.97 Å². The number of aromatic nitrogens is 1. The number of unbranched alkanes of at least 4 members (excludes halogenated alkanes) is 1. The number of ketones is 1. The third-order valence-corrected chi connectivity index (χ3v) is 6.47. The molecule has 2 rings (SSSR count). The van der Waals surface area contributed by atoms with Crippen LogP contribution < -0.4 is 5.32 Å². The van der Waals surface area contributed by atoms with Gasteiger partial charge in [0.15, 0.2) is 5.78 Å². The van der Waals surface area contributed by atoms with Crippen molar-refractivity contribution in [2.45, 2.75) is 97.9 Å². The van der Waals surface area contributed by atoms with Gasteiger partial charge in [-0.05, 0) is 42.4 Å². The normalized spacial score (nSPS) is 11.4. The number of aliphatic carboxylic acids is 1. The van der Waals surface area contributed by atoms with E-state index in [0.29, 0.717) is 24.1 Å². The summed E-state index contributed by atoms with van der Waals surface area (Å²) in [4.78, 5) is 24.2. The lowest BCUT2D eigenvalue weighted by atomic mass is 9.93. The van der Waals surface area contributed by atoms with Crippen LogP contribution in [0.3, 0.4) is 0 Å². The molecule has 0 bridgehead atoms.